The van der Waals surface area contributed by atoms with E-state index < -0.39 is 0 Å². The molecule has 0 atom stereocenters. The number of nitriles is 1. The molecule has 0 unspecified atom stereocenters. The zero-order chi connectivity index (χ0) is 14.3. The van der Waals surface area contributed by atoms with Gasteiger partial charge in [0.2, 0.25) is 0 Å². The summed E-state index contributed by atoms with van der Waals surface area (Å²) in [6.45, 7) is 0. The van der Waals surface area contributed by atoms with Crippen LogP contribution < -0.4 is 5.59 Å². The Morgan fingerprint density at radius 2 is 1.70 bits per heavy atom. The van der Waals surface area contributed by atoms with Gasteiger partial charge < -0.3 is 4.84 Å². The fourth-order valence-electron chi connectivity index (χ4n) is 1.05. The van der Waals surface area contributed by atoms with Crippen molar-refractivity contribution in [2.75, 3.05) is 0 Å². The van der Waals surface area contributed by atoms with E-state index in [1.165, 1.54) is 12.5 Å². The van der Waals surface area contributed by atoms with Gasteiger partial charge >= 0.3 is 0 Å². The SMILES string of the molecule is N#CC1=CC=CC=CC=CC=CONN=NC=CC=C1. The average molecular weight is 266 g/mol. The first-order chi connectivity index (χ1) is 9.93. The van der Waals surface area contributed by atoms with Crippen LogP contribution in [0.3, 0.4) is 0 Å². The minimum Gasteiger partial charge on any atom is -0.372 e. The van der Waals surface area contributed by atoms with Crippen LogP contribution in [0, 0.1) is 11.3 Å². The first-order valence-electron chi connectivity index (χ1n) is 5.84. The first-order valence-corrected chi connectivity index (χ1v) is 5.84. The van der Waals surface area contributed by atoms with Crippen LogP contribution in [0.25, 0.3) is 0 Å². The van der Waals surface area contributed by atoms with Crippen molar-refractivity contribution in [2.24, 2.45) is 10.3 Å². The van der Waals surface area contributed by atoms with E-state index in [9.17, 15) is 0 Å². The average Bonchev–Trinajstić information content (AvgIpc) is 2.47. The highest BCUT2D eigenvalue weighted by molar-refractivity contribution is 5.37. The van der Waals surface area contributed by atoms with Crippen LogP contribution in [0.2, 0.25) is 0 Å². The fourth-order valence-corrected chi connectivity index (χ4v) is 1.05. The highest BCUT2D eigenvalue weighted by Gasteiger charge is 1.83. The third-order valence-corrected chi connectivity index (χ3v) is 1.91. The second kappa shape index (κ2) is 11.0. The molecule has 0 radical (unpaired) electrons. The van der Waals surface area contributed by atoms with Gasteiger partial charge in [0.05, 0.1) is 17.8 Å². The minimum absolute atomic E-state index is 0.539. The Balaban J connectivity index is 2.78. The highest BCUT2D eigenvalue weighted by Crippen LogP contribution is 1.96. The van der Waals surface area contributed by atoms with Gasteiger partial charge in [-0.25, -0.2) is 0 Å². The van der Waals surface area contributed by atoms with Gasteiger partial charge in [-0.1, -0.05) is 42.5 Å². The molecule has 20 heavy (non-hydrogen) atoms. The summed E-state index contributed by atoms with van der Waals surface area (Å²) < 4.78 is 0. The molecule has 1 N–H and O–H groups in total. The zero-order valence-corrected chi connectivity index (χ0v) is 10.8. The van der Waals surface area contributed by atoms with Crippen LogP contribution in [0.5, 0.6) is 0 Å². The maximum absolute atomic E-state index is 8.91. The largest absolute Gasteiger partial charge is 0.372 e. The van der Waals surface area contributed by atoms with E-state index in [1.54, 1.807) is 42.5 Å². The molecule has 0 fully saturated rings. The quantitative estimate of drug-likeness (QED) is 0.728. The Morgan fingerprint density at radius 3 is 2.50 bits per heavy atom. The normalized spacial score (nSPS) is 15.7. The predicted octanol–water partition coefficient (Wildman–Crippen LogP) is 3.59. The summed E-state index contributed by atoms with van der Waals surface area (Å²) in [5.74, 6) is 0. The standard InChI is InChI=1S/C15H14N4O/c16-14-15-10-6-4-2-1-3-5-9-13-20-19-18-17-12-8-7-11-15/h1-13H,(H,17,19). The molecule has 0 aromatic heterocycles. The molecule has 1 heterocycles. The number of hydrogen-bond acceptors (Lipinski definition) is 5. The first kappa shape index (κ1) is 14.9. The molecule has 1 aliphatic rings. The molecular weight excluding hydrogens is 252 g/mol. The van der Waals surface area contributed by atoms with Gasteiger partial charge in [-0.3, -0.25) is 0 Å². The molecule has 0 aromatic carbocycles. The lowest BCUT2D eigenvalue weighted by Crippen LogP contribution is -1.98. The zero-order valence-electron chi connectivity index (χ0n) is 10.8. The number of nitrogens with one attached hydrogen (secondary N) is 1. The van der Waals surface area contributed by atoms with Crippen molar-refractivity contribution in [1.29, 1.82) is 5.26 Å². The van der Waals surface area contributed by atoms with Crippen molar-refractivity contribution in [2.45, 2.75) is 0 Å². The van der Waals surface area contributed by atoms with E-state index in [2.05, 4.69) is 22.0 Å². The number of hydrogen-bond donors (Lipinski definition) is 1. The lowest BCUT2D eigenvalue weighted by Gasteiger charge is -1.91. The second-order valence-corrected chi connectivity index (χ2v) is 3.34. The van der Waals surface area contributed by atoms with Crippen molar-refractivity contribution in [3.63, 3.8) is 0 Å². The van der Waals surface area contributed by atoms with Crippen molar-refractivity contribution in [3.8, 4) is 6.07 Å². The number of allylic oxidation sites excluding steroid dienone is 12. The lowest BCUT2D eigenvalue weighted by atomic mass is 10.2. The van der Waals surface area contributed by atoms with Crippen LogP contribution in [-0.4, -0.2) is 0 Å². The smallest absolute Gasteiger partial charge is 0.121 e. The molecule has 0 amide bonds. The molecule has 100 valence electrons. The summed E-state index contributed by atoms with van der Waals surface area (Å²) in [6, 6.07) is 2.08. The van der Waals surface area contributed by atoms with Crippen LogP contribution in [0.4, 0.5) is 0 Å². The Kier molecular flexibility index (Phi) is 8.20. The van der Waals surface area contributed by atoms with Crippen molar-refractivity contribution in [1.82, 2.24) is 5.59 Å². The van der Waals surface area contributed by atoms with E-state index in [-0.39, 0.29) is 0 Å². The maximum atomic E-state index is 8.91. The van der Waals surface area contributed by atoms with E-state index in [0.717, 1.165) is 0 Å². The summed E-state index contributed by atoms with van der Waals surface area (Å²) in [5.41, 5.74) is 2.82. The Bertz CT molecular complexity index is 555. The Morgan fingerprint density at radius 1 is 0.950 bits per heavy atom. The molecule has 5 nitrogen and oxygen atoms in total. The fraction of sp³-hybridized carbons (Fsp3) is 0. The second-order valence-electron chi connectivity index (χ2n) is 3.34. The predicted molar refractivity (Wildman–Crippen MR) is 77.6 cm³/mol. The van der Waals surface area contributed by atoms with Crippen molar-refractivity contribution >= 4 is 0 Å². The van der Waals surface area contributed by atoms with Gasteiger partial charge in [-0.15, -0.1) is 10.7 Å². The van der Waals surface area contributed by atoms with Gasteiger partial charge in [0.1, 0.15) is 6.26 Å². The summed E-state index contributed by atoms with van der Waals surface area (Å²) in [7, 11) is 0. The maximum Gasteiger partial charge on any atom is 0.121 e. The lowest BCUT2D eigenvalue weighted by molar-refractivity contribution is 0.131. The van der Waals surface area contributed by atoms with E-state index in [4.69, 9.17) is 10.1 Å². The number of rotatable bonds is 0. The highest BCUT2D eigenvalue weighted by atomic mass is 16.7. The molecule has 0 saturated heterocycles. The van der Waals surface area contributed by atoms with Gasteiger partial charge in [-0.05, 0) is 29.5 Å². The number of nitrogens with zero attached hydrogens (tertiary/aromatic N) is 3. The van der Waals surface area contributed by atoms with Crippen LogP contribution in [0.15, 0.2) is 95.2 Å². The summed E-state index contributed by atoms with van der Waals surface area (Å²) in [6.07, 6.45) is 22.3. The summed E-state index contributed by atoms with van der Waals surface area (Å²) in [5, 5.41) is 16.1. The molecule has 0 saturated carbocycles. The van der Waals surface area contributed by atoms with Gasteiger partial charge in [0.25, 0.3) is 0 Å². The minimum atomic E-state index is 0.539. The van der Waals surface area contributed by atoms with Crippen molar-refractivity contribution < 1.29 is 4.84 Å². The summed E-state index contributed by atoms with van der Waals surface area (Å²) >= 11 is 0. The molecule has 1 rings (SSSR count). The van der Waals surface area contributed by atoms with E-state index >= 15 is 0 Å². The molecular formula is C15H14N4O. The molecule has 5 heteroatoms. The summed E-state index contributed by atoms with van der Waals surface area (Å²) in [4.78, 5) is 4.83. The third kappa shape index (κ3) is 8.03. The molecule has 0 aromatic rings. The van der Waals surface area contributed by atoms with Gasteiger partial charge in [0, 0.05) is 0 Å². The molecule has 0 aliphatic carbocycles. The Hall–Kier alpha value is -3.13. The molecule has 0 bridgehead atoms. The Labute approximate surface area is 117 Å². The van der Waals surface area contributed by atoms with Crippen molar-refractivity contribution in [3.05, 3.63) is 84.9 Å². The van der Waals surface area contributed by atoms with Gasteiger partial charge in [0.15, 0.2) is 0 Å². The van der Waals surface area contributed by atoms with E-state index in [0.29, 0.717) is 5.57 Å². The van der Waals surface area contributed by atoms with E-state index in [1.807, 2.05) is 24.3 Å². The van der Waals surface area contributed by atoms with Crippen LogP contribution in [0.1, 0.15) is 0 Å². The third-order valence-electron chi connectivity index (χ3n) is 1.91. The van der Waals surface area contributed by atoms with Crippen LogP contribution >= 0.6 is 0 Å². The van der Waals surface area contributed by atoms with Crippen LogP contribution in [-0.2, 0) is 4.84 Å². The topological polar surface area (TPSA) is 69.8 Å². The monoisotopic (exact) mass is 266 g/mol. The van der Waals surface area contributed by atoms with Gasteiger partial charge in [-0.2, -0.15) is 5.26 Å². The molecule has 1 aliphatic heterocycles. The molecule has 0 spiro atoms.